The first kappa shape index (κ1) is 13.3. The minimum absolute atomic E-state index is 0.121. The molecule has 0 aromatic rings. The Labute approximate surface area is 97.8 Å². The molecule has 2 unspecified atom stereocenters. The average molecular weight is 254 g/mol. The van der Waals surface area contributed by atoms with Crippen molar-refractivity contribution in [2.24, 2.45) is 11.8 Å². The number of halogens is 1. The Morgan fingerprint density at radius 1 is 1.47 bits per heavy atom. The van der Waals surface area contributed by atoms with Gasteiger partial charge in [0.25, 0.3) is 0 Å². The molecule has 1 aliphatic heterocycles. The van der Waals surface area contributed by atoms with Crippen LogP contribution in [0.2, 0.25) is 0 Å². The zero-order chi connectivity index (χ0) is 11.6. The fourth-order valence-corrected chi connectivity index (χ4v) is 3.93. The molecule has 3 nitrogen and oxygen atoms in total. The summed E-state index contributed by atoms with van der Waals surface area (Å²) in [4.78, 5) is 0. The second-order valence-corrected chi connectivity index (χ2v) is 7.39. The zero-order valence-electron chi connectivity index (χ0n) is 9.61. The highest BCUT2D eigenvalue weighted by Crippen LogP contribution is 2.24. The molecule has 2 atom stereocenters. The van der Waals surface area contributed by atoms with Gasteiger partial charge in [-0.15, -0.1) is 11.6 Å². The van der Waals surface area contributed by atoms with E-state index in [1.54, 1.807) is 4.31 Å². The number of piperidine rings is 1. The van der Waals surface area contributed by atoms with Crippen LogP contribution in [0.3, 0.4) is 0 Å². The van der Waals surface area contributed by atoms with Crippen LogP contribution in [0.4, 0.5) is 0 Å². The lowest BCUT2D eigenvalue weighted by atomic mass is 10.0. The lowest BCUT2D eigenvalue weighted by Gasteiger charge is -2.33. The van der Waals surface area contributed by atoms with Gasteiger partial charge in [-0.2, -0.15) is 0 Å². The molecule has 0 saturated carbocycles. The van der Waals surface area contributed by atoms with Gasteiger partial charge in [-0.1, -0.05) is 20.8 Å². The van der Waals surface area contributed by atoms with Crippen molar-refractivity contribution in [1.29, 1.82) is 0 Å². The Bertz CT molecular complexity index is 303. The Morgan fingerprint density at radius 2 is 2.07 bits per heavy atom. The van der Waals surface area contributed by atoms with E-state index in [1.807, 2.05) is 20.8 Å². The first-order chi connectivity index (χ1) is 6.83. The summed E-state index contributed by atoms with van der Waals surface area (Å²) in [6.07, 6.45) is 0.764. The number of alkyl halides is 1. The number of nitrogens with zero attached hydrogens (tertiary/aromatic N) is 1. The van der Waals surface area contributed by atoms with Crippen LogP contribution >= 0.6 is 11.6 Å². The van der Waals surface area contributed by atoms with E-state index in [0.717, 1.165) is 6.42 Å². The van der Waals surface area contributed by atoms with E-state index in [1.165, 1.54) is 0 Å². The highest BCUT2D eigenvalue weighted by molar-refractivity contribution is 7.89. The van der Waals surface area contributed by atoms with Gasteiger partial charge < -0.3 is 0 Å². The van der Waals surface area contributed by atoms with E-state index >= 15 is 0 Å². The van der Waals surface area contributed by atoms with Gasteiger partial charge in [-0.3, -0.25) is 0 Å². The Morgan fingerprint density at radius 3 is 2.53 bits per heavy atom. The van der Waals surface area contributed by atoms with Crippen LogP contribution < -0.4 is 0 Å². The van der Waals surface area contributed by atoms with Crippen LogP contribution in [0.25, 0.3) is 0 Å². The molecule has 1 aliphatic rings. The van der Waals surface area contributed by atoms with Gasteiger partial charge >= 0.3 is 0 Å². The van der Waals surface area contributed by atoms with E-state index < -0.39 is 10.0 Å². The predicted molar refractivity (Wildman–Crippen MR) is 63.6 cm³/mol. The summed E-state index contributed by atoms with van der Waals surface area (Å²) >= 11 is 6.07. The van der Waals surface area contributed by atoms with E-state index in [0.29, 0.717) is 13.1 Å². The number of hydrogen-bond acceptors (Lipinski definition) is 2. The van der Waals surface area contributed by atoms with Crippen LogP contribution in [0.5, 0.6) is 0 Å². The van der Waals surface area contributed by atoms with Gasteiger partial charge in [0.05, 0.1) is 5.75 Å². The molecule has 1 rings (SSSR count). The molecule has 0 aliphatic carbocycles. The van der Waals surface area contributed by atoms with Gasteiger partial charge in [0.1, 0.15) is 0 Å². The van der Waals surface area contributed by atoms with Crippen LogP contribution in [-0.2, 0) is 10.0 Å². The molecule has 0 N–H and O–H groups in total. The summed E-state index contributed by atoms with van der Waals surface area (Å²) < 4.78 is 25.5. The number of sulfonamides is 1. The van der Waals surface area contributed by atoms with Crippen molar-refractivity contribution in [3.63, 3.8) is 0 Å². The largest absolute Gasteiger partial charge is 0.214 e. The minimum Gasteiger partial charge on any atom is -0.212 e. The fourth-order valence-electron chi connectivity index (χ4n) is 1.86. The third kappa shape index (κ3) is 3.61. The maximum atomic E-state index is 11.9. The quantitative estimate of drug-likeness (QED) is 0.721. The summed E-state index contributed by atoms with van der Waals surface area (Å²) in [6, 6.07) is 0. The minimum atomic E-state index is -3.06. The smallest absolute Gasteiger partial charge is 0.212 e. The Hall–Kier alpha value is 0.200. The molecule has 1 fully saturated rings. The SMILES string of the molecule is CC(C)CS(=O)(=O)N1CCC(Cl)C(C)C1. The molecule has 0 radical (unpaired) electrons. The van der Waals surface area contributed by atoms with Gasteiger partial charge in [-0.25, -0.2) is 12.7 Å². The molecule has 90 valence electrons. The van der Waals surface area contributed by atoms with Crippen molar-refractivity contribution in [2.75, 3.05) is 18.8 Å². The molecule has 0 spiro atoms. The molecule has 15 heavy (non-hydrogen) atoms. The van der Waals surface area contributed by atoms with Crippen LogP contribution in [0.15, 0.2) is 0 Å². The van der Waals surface area contributed by atoms with E-state index in [9.17, 15) is 8.42 Å². The van der Waals surface area contributed by atoms with Gasteiger partial charge in [0, 0.05) is 18.5 Å². The average Bonchev–Trinajstić information content (AvgIpc) is 2.07. The van der Waals surface area contributed by atoms with Crippen molar-refractivity contribution in [3.05, 3.63) is 0 Å². The highest BCUT2D eigenvalue weighted by atomic mass is 35.5. The zero-order valence-corrected chi connectivity index (χ0v) is 11.2. The van der Waals surface area contributed by atoms with Crippen molar-refractivity contribution in [2.45, 2.75) is 32.6 Å². The van der Waals surface area contributed by atoms with Gasteiger partial charge in [-0.05, 0) is 18.3 Å². The molecule has 0 aromatic heterocycles. The monoisotopic (exact) mass is 253 g/mol. The summed E-state index contributed by atoms with van der Waals surface area (Å²) in [7, 11) is -3.06. The van der Waals surface area contributed by atoms with E-state index in [-0.39, 0.29) is 23.0 Å². The predicted octanol–water partition coefficient (Wildman–Crippen LogP) is 1.92. The normalized spacial score (nSPS) is 29.7. The van der Waals surface area contributed by atoms with Crippen LogP contribution in [0.1, 0.15) is 27.2 Å². The van der Waals surface area contributed by atoms with Gasteiger partial charge in [0.2, 0.25) is 10.0 Å². The maximum absolute atomic E-state index is 11.9. The second-order valence-electron chi connectivity index (χ2n) is 4.81. The topological polar surface area (TPSA) is 37.4 Å². The first-order valence-corrected chi connectivity index (χ1v) is 7.49. The lowest BCUT2D eigenvalue weighted by Crippen LogP contribution is -2.44. The number of rotatable bonds is 3. The summed E-state index contributed by atoms with van der Waals surface area (Å²) in [6.45, 7) is 7.01. The summed E-state index contributed by atoms with van der Waals surface area (Å²) in [5.74, 6) is 0.675. The van der Waals surface area contributed by atoms with Crippen molar-refractivity contribution >= 4 is 21.6 Å². The van der Waals surface area contributed by atoms with Crippen LogP contribution in [0, 0.1) is 11.8 Å². The van der Waals surface area contributed by atoms with E-state index in [4.69, 9.17) is 11.6 Å². The lowest BCUT2D eigenvalue weighted by molar-refractivity contribution is 0.285. The molecular formula is C10H20ClNO2S. The molecule has 5 heteroatoms. The van der Waals surface area contributed by atoms with E-state index in [2.05, 4.69) is 0 Å². The third-order valence-electron chi connectivity index (χ3n) is 2.70. The molecular weight excluding hydrogens is 234 g/mol. The highest BCUT2D eigenvalue weighted by Gasteiger charge is 2.31. The standard InChI is InChI=1S/C10H20ClNO2S/c1-8(2)7-15(13,14)12-5-4-10(11)9(3)6-12/h8-10H,4-7H2,1-3H3. The van der Waals surface area contributed by atoms with Crippen molar-refractivity contribution < 1.29 is 8.42 Å². The third-order valence-corrected chi connectivity index (χ3v) is 5.56. The molecule has 1 saturated heterocycles. The summed E-state index contributed by atoms with van der Waals surface area (Å²) in [5.41, 5.74) is 0. The van der Waals surface area contributed by atoms with Crippen molar-refractivity contribution in [3.8, 4) is 0 Å². The maximum Gasteiger partial charge on any atom is 0.214 e. The first-order valence-electron chi connectivity index (χ1n) is 5.45. The van der Waals surface area contributed by atoms with Crippen molar-refractivity contribution in [1.82, 2.24) is 4.31 Å². The number of hydrogen-bond donors (Lipinski definition) is 0. The second kappa shape index (κ2) is 5.02. The molecule has 1 heterocycles. The van der Waals surface area contributed by atoms with Gasteiger partial charge in [0.15, 0.2) is 0 Å². The fraction of sp³-hybridized carbons (Fsp3) is 1.00. The Balaban J connectivity index is 2.65. The Kier molecular flexibility index (Phi) is 4.44. The molecule has 0 aromatic carbocycles. The van der Waals surface area contributed by atoms with Crippen LogP contribution in [-0.4, -0.2) is 36.9 Å². The molecule has 0 bridgehead atoms. The molecule has 0 amide bonds. The summed E-state index contributed by atoms with van der Waals surface area (Å²) in [5, 5.41) is 0.121.